The molecule has 0 spiro atoms. The van der Waals surface area contributed by atoms with E-state index in [0.717, 1.165) is 6.08 Å². The van der Waals surface area contributed by atoms with Crippen molar-refractivity contribution < 1.29 is 13.2 Å². The van der Waals surface area contributed by atoms with E-state index in [0.29, 0.717) is 0 Å². The molecular formula is C5H8F3N. The van der Waals surface area contributed by atoms with Gasteiger partial charge in [-0.3, -0.25) is 0 Å². The lowest BCUT2D eigenvalue weighted by molar-refractivity contribution is -0.158. The molecule has 0 fully saturated rings. The van der Waals surface area contributed by atoms with Crippen LogP contribution >= 0.6 is 0 Å². The van der Waals surface area contributed by atoms with E-state index in [2.05, 4.69) is 6.58 Å². The second kappa shape index (κ2) is 2.87. The molecule has 0 unspecified atom stereocenters. The third-order valence-corrected chi connectivity index (χ3v) is 0.959. The van der Waals surface area contributed by atoms with Gasteiger partial charge in [-0.05, 0) is 0 Å². The average Bonchev–Trinajstić information content (AvgIpc) is 1.65. The topological polar surface area (TPSA) is 26.0 Å². The molecule has 0 heterocycles. The Balaban J connectivity index is 3.94. The van der Waals surface area contributed by atoms with Crippen LogP contribution in [0, 0.1) is 5.92 Å². The van der Waals surface area contributed by atoms with Gasteiger partial charge in [-0.15, -0.1) is 6.58 Å². The van der Waals surface area contributed by atoms with Gasteiger partial charge in [0.15, 0.2) is 0 Å². The molecule has 0 aromatic rings. The van der Waals surface area contributed by atoms with Gasteiger partial charge in [0.25, 0.3) is 0 Å². The maximum Gasteiger partial charge on any atom is 0.396 e. The van der Waals surface area contributed by atoms with Gasteiger partial charge in [-0.1, -0.05) is 6.08 Å². The van der Waals surface area contributed by atoms with Crippen LogP contribution in [0.1, 0.15) is 0 Å². The number of nitrogens with two attached hydrogens (primary N) is 1. The summed E-state index contributed by atoms with van der Waals surface area (Å²) in [5, 5.41) is 0. The monoisotopic (exact) mass is 139 g/mol. The molecule has 9 heavy (non-hydrogen) atoms. The van der Waals surface area contributed by atoms with Crippen molar-refractivity contribution in [3.63, 3.8) is 0 Å². The standard InChI is InChI=1S/C5H8F3N/c1-2-4(3-9)5(6,7)8/h2,4H,1,3,9H2/t4-/m0/s1. The van der Waals surface area contributed by atoms with E-state index in [1.54, 1.807) is 0 Å². The average molecular weight is 139 g/mol. The lowest BCUT2D eigenvalue weighted by atomic mass is 10.1. The minimum atomic E-state index is -4.23. The Morgan fingerprint density at radius 1 is 1.56 bits per heavy atom. The maximum atomic E-state index is 11.6. The Bertz CT molecular complexity index is 96.9. The van der Waals surface area contributed by atoms with Crippen LogP contribution in [-0.4, -0.2) is 12.7 Å². The molecule has 0 aliphatic heterocycles. The molecule has 2 N–H and O–H groups in total. The molecule has 4 heteroatoms. The highest BCUT2D eigenvalue weighted by Gasteiger charge is 2.35. The second-order valence-corrected chi connectivity index (χ2v) is 1.62. The SMILES string of the molecule is C=C[C@@H](CN)C(F)(F)F. The van der Waals surface area contributed by atoms with Gasteiger partial charge in [0.05, 0.1) is 5.92 Å². The quantitative estimate of drug-likeness (QED) is 0.573. The number of hydrogen-bond acceptors (Lipinski definition) is 1. The van der Waals surface area contributed by atoms with Gasteiger partial charge >= 0.3 is 6.18 Å². The van der Waals surface area contributed by atoms with E-state index in [1.807, 2.05) is 0 Å². The summed E-state index contributed by atoms with van der Waals surface area (Å²) in [6.07, 6.45) is -3.42. The van der Waals surface area contributed by atoms with Gasteiger partial charge in [-0.2, -0.15) is 13.2 Å². The van der Waals surface area contributed by atoms with Crippen LogP contribution < -0.4 is 5.73 Å². The molecule has 0 rings (SSSR count). The normalized spacial score (nSPS) is 15.1. The molecule has 1 nitrogen and oxygen atoms in total. The van der Waals surface area contributed by atoms with Crippen LogP contribution in [0.2, 0.25) is 0 Å². The number of hydrogen-bond donors (Lipinski definition) is 1. The fourth-order valence-electron chi connectivity index (χ4n) is 0.363. The fourth-order valence-corrected chi connectivity index (χ4v) is 0.363. The van der Waals surface area contributed by atoms with Crippen molar-refractivity contribution in [3.8, 4) is 0 Å². The first kappa shape index (κ1) is 8.49. The van der Waals surface area contributed by atoms with Crippen molar-refractivity contribution >= 4 is 0 Å². The van der Waals surface area contributed by atoms with Gasteiger partial charge in [-0.25, -0.2) is 0 Å². The molecule has 0 aliphatic rings. The second-order valence-electron chi connectivity index (χ2n) is 1.62. The van der Waals surface area contributed by atoms with Crippen molar-refractivity contribution in [2.75, 3.05) is 6.54 Å². The third kappa shape index (κ3) is 2.51. The smallest absolute Gasteiger partial charge is 0.330 e. The largest absolute Gasteiger partial charge is 0.396 e. The van der Waals surface area contributed by atoms with Crippen LogP contribution in [0.5, 0.6) is 0 Å². The zero-order chi connectivity index (χ0) is 7.49. The molecule has 0 aromatic carbocycles. The van der Waals surface area contributed by atoms with Crippen LogP contribution in [0.15, 0.2) is 12.7 Å². The summed E-state index contributed by atoms with van der Waals surface area (Å²) in [6.45, 7) is 2.57. The molecule has 0 saturated carbocycles. The number of halogens is 3. The van der Waals surface area contributed by atoms with E-state index >= 15 is 0 Å². The van der Waals surface area contributed by atoms with Crippen molar-refractivity contribution in [2.45, 2.75) is 6.18 Å². The lowest BCUT2D eigenvalue weighted by Gasteiger charge is -2.12. The number of alkyl halides is 3. The Morgan fingerprint density at radius 2 is 2.00 bits per heavy atom. The zero-order valence-electron chi connectivity index (χ0n) is 4.78. The molecule has 0 amide bonds. The first-order chi connectivity index (χ1) is 4.02. The Morgan fingerprint density at radius 3 is 2.00 bits per heavy atom. The van der Waals surface area contributed by atoms with Gasteiger partial charge in [0.2, 0.25) is 0 Å². The first-order valence-electron chi connectivity index (χ1n) is 2.41. The molecule has 0 aromatic heterocycles. The van der Waals surface area contributed by atoms with Crippen molar-refractivity contribution in [1.82, 2.24) is 0 Å². The molecular weight excluding hydrogens is 131 g/mol. The predicted molar refractivity (Wildman–Crippen MR) is 28.8 cm³/mol. The van der Waals surface area contributed by atoms with Crippen LogP contribution in [0.25, 0.3) is 0 Å². The molecule has 0 radical (unpaired) electrons. The summed E-state index contributed by atoms with van der Waals surface area (Å²) in [7, 11) is 0. The van der Waals surface area contributed by atoms with Crippen molar-refractivity contribution in [2.24, 2.45) is 11.7 Å². The Labute approximate surface area is 51.3 Å². The van der Waals surface area contributed by atoms with Crippen LogP contribution in [0.4, 0.5) is 13.2 Å². The van der Waals surface area contributed by atoms with E-state index in [1.165, 1.54) is 0 Å². The van der Waals surface area contributed by atoms with E-state index in [-0.39, 0.29) is 0 Å². The predicted octanol–water partition coefficient (Wildman–Crippen LogP) is 1.31. The van der Waals surface area contributed by atoms with Crippen LogP contribution in [-0.2, 0) is 0 Å². The molecule has 0 bridgehead atoms. The van der Waals surface area contributed by atoms with Crippen LogP contribution in [0.3, 0.4) is 0 Å². The summed E-state index contributed by atoms with van der Waals surface area (Å²) in [5.74, 6) is -1.56. The summed E-state index contributed by atoms with van der Waals surface area (Å²) in [4.78, 5) is 0. The lowest BCUT2D eigenvalue weighted by Crippen LogP contribution is -2.27. The highest BCUT2D eigenvalue weighted by atomic mass is 19.4. The van der Waals surface area contributed by atoms with Gasteiger partial charge in [0, 0.05) is 6.54 Å². The van der Waals surface area contributed by atoms with Gasteiger partial charge < -0.3 is 5.73 Å². The first-order valence-corrected chi connectivity index (χ1v) is 2.41. The highest BCUT2D eigenvalue weighted by Crippen LogP contribution is 2.25. The van der Waals surface area contributed by atoms with Crippen molar-refractivity contribution in [1.29, 1.82) is 0 Å². The fraction of sp³-hybridized carbons (Fsp3) is 0.600. The van der Waals surface area contributed by atoms with Crippen molar-refractivity contribution in [3.05, 3.63) is 12.7 Å². The van der Waals surface area contributed by atoms with Gasteiger partial charge in [0.1, 0.15) is 0 Å². The minimum absolute atomic E-state index is 0.424. The third-order valence-electron chi connectivity index (χ3n) is 0.959. The maximum absolute atomic E-state index is 11.6. The molecule has 0 aliphatic carbocycles. The summed E-state index contributed by atoms with van der Waals surface area (Å²) in [6, 6.07) is 0. The molecule has 54 valence electrons. The Hall–Kier alpha value is -0.510. The summed E-state index contributed by atoms with van der Waals surface area (Å²) < 4.78 is 34.7. The minimum Gasteiger partial charge on any atom is -0.330 e. The zero-order valence-corrected chi connectivity index (χ0v) is 4.78. The van der Waals surface area contributed by atoms with E-state index in [9.17, 15) is 13.2 Å². The molecule has 0 saturated heterocycles. The molecule has 1 atom stereocenters. The number of rotatable bonds is 2. The summed E-state index contributed by atoms with van der Waals surface area (Å²) in [5.41, 5.74) is 4.78. The van der Waals surface area contributed by atoms with E-state index < -0.39 is 18.6 Å². The Kier molecular flexibility index (Phi) is 2.70. The highest BCUT2D eigenvalue weighted by molar-refractivity contribution is 4.84. The summed E-state index contributed by atoms with van der Waals surface area (Å²) >= 11 is 0. The van der Waals surface area contributed by atoms with E-state index in [4.69, 9.17) is 5.73 Å².